The molecule has 1 N–H and O–H groups in total. The Morgan fingerprint density at radius 2 is 1.69 bits per heavy atom. The van der Waals surface area contributed by atoms with Crippen molar-refractivity contribution in [1.82, 2.24) is 4.90 Å². The molecule has 1 aliphatic heterocycles. The molecule has 3 aromatic rings. The second-order valence-corrected chi connectivity index (χ2v) is 9.82. The maximum atomic E-state index is 13.5. The van der Waals surface area contributed by atoms with Crippen molar-refractivity contribution in [3.8, 4) is 0 Å². The van der Waals surface area contributed by atoms with E-state index in [2.05, 4.69) is 27.9 Å². The Hall–Kier alpha value is -2.99. The summed E-state index contributed by atoms with van der Waals surface area (Å²) < 4.78 is 40.9. The van der Waals surface area contributed by atoms with E-state index in [0.717, 1.165) is 26.2 Å². The first-order valence-corrected chi connectivity index (χ1v) is 12.5. The zero-order chi connectivity index (χ0) is 25.9. The number of nitrogens with zero attached hydrogens (tertiary/aromatic N) is 2. The normalized spacial score (nSPS) is 15.9. The molecule has 5 nitrogen and oxygen atoms in total. The molecule has 0 saturated carbocycles. The minimum absolute atomic E-state index is 0.0186. The molecule has 1 aliphatic rings. The van der Waals surface area contributed by atoms with Crippen LogP contribution in [0.1, 0.15) is 17.5 Å². The number of rotatable bonds is 7. The summed E-state index contributed by atoms with van der Waals surface area (Å²) in [5, 5.41) is 2.85. The summed E-state index contributed by atoms with van der Waals surface area (Å²) in [5.41, 5.74) is 0.725. The van der Waals surface area contributed by atoms with Crippen molar-refractivity contribution in [3.63, 3.8) is 0 Å². The van der Waals surface area contributed by atoms with Gasteiger partial charge in [0.05, 0.1) is 17.7 Å². The molecule has 2 amide bonds. The lowest BCUT2D eigenvalue weighted by molar-refractivity contribution is -0.137. The van der Waals surface area contributed by atoms with E-state index in [1.165, 1.54) is 12.1 Å². The van der Waals surface area contributed by atoms with Gasteiger partial charge in [-0.3, -0.25) is 14.5 Å². The summed E-state index contributed by atoms with van der Waals surface area (Å²) in [4.78, 5) is 29.0. The van der Waals surface area contributed by atoms with E-state index in [1.807, 2.05) is 42.5 Å². The average Bonchev–Trinajstić information content (AvgIpc) is 3.08. The summed E-state index contributed by atoms with van der Waals surface area (Å²) in [6.45, 7) is 0.325. The summed E-state index contributed by atoms with van der Waals surface area (Å²) in [7, 11) is 0. The summed E-state index contributed by atoms with van der Waals surface area (Å²) in [6, 6.07) is 20.3. The van der Waals surface area contributed by atoms with Crippen molar-refractivity contribution >= 4 is 63.1 Å². The number of amides is 2. The fourth-order valence-corrected chi connectivity index (χ4v) is 4.73. The first kappa shape index (κ1) is 26.1. The smallest absolute Gasteiger partial charge is 0.336 e. The van der Waals surface area contributed by atoms with E-state index in [9.17, 15) is 22.8 Å². The minimum Gasteiger partial charge on any atom is -0.336 e. The van der Waals surface area contributed by atoms with Crippen LogP contribution in [0.5, 0.6) is 0 Å². The molecule has 1 fully saturated rings. The second-order valence-electron chi connectivity index (χ2n) is 8.21. The largest absolute Gasteiger partial charge is 0.416 e. The first-order valence-electron chi connectivity index (χ1n) is 11.0. The molecule has 36 heavy (non-hydrogen) atoms. The van der Waals surface area contributed by atoms with Gasteiger partial charge in [-0.25, -0.2) is 0 Å². The van der Waals surface area contributed by atoms with Crippen molar-refractivity contribution in [2.45, 2.75) is 25.1 Å². The molecular formula is C26H21F3IN3O2S. The van der Waals surface area contributed by atoms with Gasteiger partial charge < -0.3 is 10.2 Å². The average molecular weight is 623 g/mol. The topological polar surface area (TPSA) is 52.7 Å². The third-order valence-electron chi connectivity index (χ3n) is 5.74. The maximum absolute atomic E-state index is 13.5. The molecule has 0 radical (unpaired) electrons. The number of thiocarbonyl (C=S) groups is 1. The molecule has 0 aliphatic carbocycles. The molecule has 1 atom stereocenters. The molecular weight excluding hydrogens is 602 g/mol. The third kappa shape index (κ3) is 6.04. The van der Waals surface area contributed by atoms with Crippen LogP contribution in [0.25, 0.3) is 0 Å². The van der Waals surface area contributed by atoms with Gasteiger partial charge in [-0.05, 0) is 89.3 Å². The molecule has 1 heterocycles. The fraction of sp³-hybridized carbons (Fsp3) is 0.192. The summed E-state index contributed by atoms with van der Waals surface area (Å²) in [5.74, 6) is -0.932. The SMILES string of the molecule is O=C(CC1C(=O)N(c2cccc(C(F)(F)F)c2)C(=S)N1CCc1ccccc1)Nc1ccc(I)cc1. The van der Waals surface area contributed by atoms with E-state index in [1.54, 1.807) is 17.0 Å². The van der Waals surface area contributed by atoms with E-state index < -0.39 is 29.6 Å². The van der Waals surface area contributed by atoms with Crippen LogP contribution in [-0.2, 0) is 22.2 Å². The standard InChI is InChI=1S/C26H21F3IN3O2S/c27-26(28,29)18-7-4-8-21(15-18)33-24(35)22(16-23(34)31-20-11-9-19(30)10-12-20)32(25(33)36)14-13-17-5-2-1-3-6-17/h1-12,15,22H,13-14,16H2,(H,31,34). The zero-order valence-electron chi connectivity index (χ0n) is 18.8. The summed E-state index contributed by atoms with van der Waals surface area (Å²) in [6.07, 6.45) is -4.23. The van der Waals surface area contributed by atoms with Crippen molar-refractivity contribution in [2.24, 2.45) is 0 Å². The third-order valence-corrected chi connectivity index (χ3v) is 6.88. The van der Waals surface area contributed by atoms with Crippen LogP contribution >= 0.6 is 34.8 Å². The minimum atomic E-state index is -4.57. The van der Waals surface area contributed by atoms with Crippen LogP contribution in [0, 0.1) is 3.57 Å². The highest BCUT2D eigenvalue weighted by molar-refractivity contribution is 14.1. The number of hydrogen-bond acceptors (Lipinski definition) is 3. The number of halogens is 4. The number of carbonyl (C=O) groups is 2. The highest BCUT2D eigenvalue weighted by atomic mass is 127. The maximum Gasteiger partial charge on any atom is 0.416 e. The van der Waals surface area contributed by atoms with Crippen LogP contribution in [0.4, 0.5) is 24.5 Å². The molecule has 3 aromatic carbocycles. The Labute approximate surface area is 225 Å². The van der Waals surface area contributed by atoms with Gasteiger partial charge in [0.2, 0.25) is 5.91 Å². The highest BCUT2D eigenvalue weighted by Gasteiger charge is 2.44. The highest BCUT2D eigenvalue weighted by Crippen LogP contribution is 2.34. The fourth-order valence-electron chi connectivity index (χ4n) is 3.96. The van der Waals surface area contributed by atoms with Crippen LogP contribution in [0.15, 0.2) is 78.9 Å². The van der Waals surface area contributed by atoms with Crippen molar-refractivity contribution in [2.75, 3.05) is 16.8 Å². The summed E-state index contributed by atoms with van der Waals surface area (Å²) >= 11 is 7.72. The molecule has 10 heteroatoms. The molecule has 0 aromatic heterocycles. The Morgan fingerprint density at radius 1 is 1.00 bits per heavy atom. The Kier molecular flexibility index (Phi) is 7.94. The second kappa shape index (κ2) is 11.0. The monoisotopic (exact) mass is 623 g/mol. The van der Waals surface area contributed by atoms with E-state index in [-0.39, 0.29) is 17.2 Å². The van der Waals surface area contributed by atoms with Gasteiger partial charge in [0.1, 0.15) is 6.04 Å². The Bertz CT molecular complexity index is 1270. The lowest BCUT2D eigenvalue weighted by Gasteiger charge is -2.24. The molecule has 4 rings (SSSR count). The quantitative estimate of drug-likeness (QED) is 0.264. The van der Waals surface area contributed by atoms with Gasteiger partial charge in [0, 0.05) is 15.8 Å². The van der Waals surface area contributed by atoms with Gasteiger partial charge in [-0.2, -0.15) is 13.2 Å². The van der Waals surface area contributed by atoms with Crippen molar-refractivity contribution in [3.05, 3.63) is 93.6 Å². The number of alkyl halides is 3. The van der Waals surface area contributed by atoms with Crippen LogP contribution in [0.2, 0.25) is 0 Å². The van der Waals surface area contributed by atoms with Gasteiger partial charge >= 0.3 is 6.18 Å². The van der Waals surface area contributed by atoms with Crippen LogP contribution in [0.3, 0.4) is 0 Å². The number of benzene rings is 3. The van der Waals surface area contributed by atoms with E-state index in [4.69, 9.17) is 12.2 Å². The first-order chi connectivity index (χ1) is 17.1. The van der Waals surface area contributed by atoms with Crippen LogP contribution < -0.4 is 10.2 Å². The molecule has 0 bridgehead atoms. The lowest BCUT2D eigenvalue weighted by Crippen LogP contribution is -2.39. The molecule has 1 unspecified atom stereocenters. The van der Waals surface area contributed by atoms with Gasteiger partial charge in [-0.15, -0.1) is 0 Å². The molecule has 1 saturated heterocycles. The lowest BCUT2D eigenvalue weighted by atomic mass is 10.1. The number of nitrogens with one attached hydrogen (secondary N) is 1. The van der Waals surface area contributed by atoms with Gasteiger partial charge in [0.15, 0.2) is 5.11 Å². The number of anilines is 2. The predicted octanol–water partition coefficient (Wildman–Crippen LogP) is 5.88. The zero-order valence-corrected chi connectivity index (χ0v) is 21.8. The molecule has 0 spiro atoms. The predicted molar refractivity (Wildman–Crippen MR) is 145 cm³/mol. The van der Waals surface area contributed by atoms with Gasteiger partial charge in [-0.1, -0.05) is 36.4 Å². The van der Waals surface area contributed by atoms with Crippen molar-refractivity contribution < 1.29 is 22.8 Å². The molecule has 186 valence electrons. The van der Waals surface area contributed by atoms with Crippen LogP contribution in [-0.4, -0.2) is 34.4 Å². The Balaban J connectivity index is 1.59. The Morgan fingerprint density at radius 3 is 2.36 bits per heavy atom. The van der Waals surface area contributed by atoms with Crippen molar-refractivity contribution in [1.29, 1.82) is 0 Å². The van der Waals surface area contributed by atoms with Gasteiger partial charge in [0.25, 0.3) is 5.91 Å². The number of carbonyl (C=O) groups excluding carboxylic acids is 2. The van der Waals surface area contributed by atoms with E-state index in [0.29, 0.717) is 18.7 Å². The number of hydrogen-bond donors (Lipinski definition) is 1. The van der Waals surface area contributed by atoms with E-state index >= 15 is 0 Å².